The minimum absolute atomic E-state index is 0.208. The normalized spacial score (nSPS) is 10.3. The van der Waals surface area contributed by atoms with Crippen LogP contribution in [0.4, 0.5) is 14.5 Å². The van der Waals surface area contributed by atoms with Gasteiger partial charge in [0.15, 0.2) is 0 Å². The van der Waals surface area contributed by atoms with Crippen molar-refractivity contribution in [1.29, 1.82) is 0 Å². The Bertz CT molecular complexity index is 649. The maximum atomic E-state index is 13.4. The molecule has 0 heterocycles. The second-order valence-electron chi connectivity index (χ2n) is 3.74. The number of halogens is 3. The maximum Gasteiger partial charge on any atom is 0.256 e. The van der Waals surface area contributed by atoms with Crippen molar-refractivity contribution in [3.63, 3.8) is 0 Å². The number of hydrogen-bond acceptors (Lipinski definition) is 2. The first kappa shape index (κ1) is 14.0. The van der Waals surface area contributed by atoms with Gasteiger partial charge in [-0.15, -0.1) is 12.6 Å². The molecule has 2 aromatic carbocycles. The van der Waals surface area contributed by atoms with E-state index in [1.165, 1.54) is 0 Å². The second kappa shape index (κ2) is 5.71. The lowest BCUT2D eigenvalue weighted by atomic mass is 10.2. The molecule has 0 aliphatic heterocycles. The summed E-state index contributed by atoms with van der Waals surface area (Å²) >= 11 is 7.40. The van der Waals surface area contributed by atoms with Gasteiger partial charge in [0.1, 0.15) is 11.6 Å². The first-order chi connectivity index (χ1) is 8.97. The van der Waals surface area contributed by atoms with E-state index in [1.807, 2.05) is 0 Å². The molecular weight excluding hydrogens is 336 g/mol. The Morgan fingerprint density at radius 3 is 2.58 bits per heavy atom. The predicted octanol–water partition coefficient (Wildman–Crippen LogP) is 4.27. The first-order valence-electron chi connectivity index (χ1n) is 5.22. The van der Waals surface area contributed by atoms with E-state index in [1.54, 1.807) is 18.2 Å². The van der Waals surface area contributed by atoms with Crippen LogP contribution in [0.3, 0.4) is 0 Å². The van der Waals surface area contributed by atoms with Crippen LogP contribution in [-0.4, -0.2) is 5.91 Å². The topological polar surface area (TPSA) is 29.1 Å². The molecule has 1 N–H and O–H groups in total. The van der Waals surface area contributed by atoms with Crippen LogP contribution in [0.25, 0.3) is 0 Å². The highest BCUT2D eigenvalue weighted by Crippen LogP contribution is 2.22. The SMILES string of the molecule is O=C(Nc1cc(F)ccc1F)c1ccc(Br)cc1S. The summed E-state index contributed by atoms with van der Waals surface area (Å²) in [4.78, 5) is 12.4. The summed E-state index contributed by atoms with van der Waals surface area (Å²) in [5.41, 5.74) is 0.0656. The molecular formula is C13H8BrF2NOS. The molecule has 1 amide bonds. The molecule has 0 atom stereocenters. The van der Waals surface area contributed by atoms with Crippen LogP contribution in [0.15, 0.2) is 45.8 Å². The zero-order valence-corrected chi connectivity index (χ0v) is 11.9. The Morgan fingerprint density at radius 2 is 1.89 bits per heavy atom. The number of benzene rings is 2. The van der Waals surface area contributed by atoms with Crippen LogP contribution in [0.1, 0.15) is 10.4 Å². The Kier molecular flexibility index (Phi) is 4.21. The molecule has 2 aromatic rings. The summed E-state index contributed by atoms with van der Waals surface area (Å²) in [6.45, 7) is 0. The minimum atomic E-state index is -0.701. The minimum Gasteiger partial charge on any atom is -0.319 e. The standard InChI is InChI=1S/C13H8BrF2NOS/c14-7-1-3-9(12(19)5-7)13(18)17-11-6-8(15)2-4-10(11)16/h1-6,19H,(H,17,18). The zero-order chi connectivity index (χ0) is 14.0. The number of amides is 1. The van der Waals surface area contributed by atoms with E-state index >= 15 is 0 Å². The molecule has 0 unspecified atom stereocenters. The van der Waals surface area contributed by atoms with Crippen molar-refractivity contribution in [1.82, 2.24) is 0 Å². The zero-order valence-electron chi connectivity index (χ0n) is 9.45. The highest BCUT2D eigenvalue weighted by Gasteiger charge is 2.12. The Morgan fingerprint density at radius 1 is 1.16 bits per heavy atom. The van der Waals surface area contributed by atoms with Crippen LogP contribution in [0.5, 0.6) is 0 Å². The largest absolute Gasteiger partial charge is 0.319 e. The third-order valence-electron chi connectivity index (χ3n) is 2.38. The number of thiol groups is 1. The fourth-order valence-electron chi connectivity index (χ4n) is 1.48. The molecule has 98 valence electrons. The number of nitrogens with one attached hydrogen (secondary N) is 1. The smallest absolute Gasteiger partial charge is 0.256 e. The summed E-state index contributed by atoms with van der Waals surface area (Å²) < 4.78 is 27.2. The van der Waals surface area contributed by atoms with E-state index in [4.69, 9.17) is 0 Å². The molecule has 19 heavy (non-hydrogen) atoms. The molecule has 0 bridgehead atoms. The van der Waals surface area contributed by atoms with Gasteiger partial charge in [-0.05, 0) is 30.3 Å². The van der Waals surface area contributed by atoms with Gasteiger partial charge in [-0.2, -0.15) is 0 Å². The van der Waals surface area contributed by atoms with Crippen molar-refractivity contribution in [3.05, 3.63) is 58.1 Å². The van der Waals surface area contributed by atoms with E-state index < -0.39 is 17.5 Å². The second-order valence-corrected chi connectivity index (χ2v) is 5.14. The molecule has 0 aromatic heterocycles. The number of hydrogen-bond donors (Lipinski definition) is 2. The van der Waals surface area contributed by atoms with Crippen molar-refractivity contribution >= 4 is 40.2 Å². The van der Waals surface area contributed by atoms with E-state index in [-0.39, 0.29) is 11.3 Å². The lowest BCUT2D eigenvalue weighted by molar-refractivity contribution is 0.102. The van der Waals surface area contributed by atoms with Gasteiger partial charge < -0.3 is 5.32 Å². The van der Waals surface area contributed by atoms with Crippen molar-refractivity contribution in [2.75, 3.05) is 5.32 Å². The van der Waals surface area contributed by atoms with Crippen molar-refractivity contribution in [2.45, 2.75) is 4.90 Å². The summed E-state index contributed by atoms with van der Waals surface area (Å²) in [7, 11) is 0. The molecule has 2 rings (SSSR count). The molecule has 2 nitrogen and oxygen atoms in total. The van der Waals surface area contributed by atoms with Gasteiger partial charge in [0.25, 0.3) is 5.91 Å². The number of anilines is 1. The lowest BCUT2D eigenvalue weighted by Crippen LogP contribution is -2.14. The van der Waals surface area contributed by atoms with Crippen LogP contribution >= 0.6 is 28.6 Å². The average Bonchev–Trinajstić information content (AvgIpc) is 2.33. The molecule has 6 heteroatoms. The Balaban J connectivity index is 2.28. The summed E-state index contributed by atoms with van der Waals surface area (Å²) in [6, 6.07) is 7.70. The van der Waals surface area contributed by atoms with Gasteiger partial charge in [0.2, 0.25) is 0 Å². The van der Waals surface area contributed by atoms with Gasteiger partial charge in [0.05, 0.1) is 11.3 Å². The van der Waals surface area contributed by atoms with Crippen LogP contribution in [0, 0.1) is 11.6 Å². The summed E-state index contributed by atoms with van der Waals surface area (Å²) in [5, 5.41) is 2.31. The van der Waals surface area contributed by atoms with Crippen LogP contribution < -0.4 is 5.32 Å². The summed E-state index contributed by atoms with van der Waals surface area (Å²) in [5.74, 6) is -1.88. The highest BCUT2D eigenvalue weighted by atomic mass is 79.9. The van der Waals surface area contributed by atoms with Gasteiger partial charge in [-0.25, -0.2) is 8.78 Å². The van der Waals surface area contributed by atoms with Crippen molar-refractivity contribution in [2.24, 2.45) is 0 Å². The molecule has 0 saturated heterocycles. The predicted molar refractivity (Wildman–Crippen MR) is 75.7 cm³/mol. The highest BCUT2D eigenvalue weighted by molar-refractivity contribution is 9.10. The first-order valence-corrected chi connectivity index (χ1v) is 6.46. The monoisotopic (exact) mass is 343 g/mol. The van der Waals surface area contributed by atoms with Gasteiger partial charge in [-0.1, -0.05) is 15.9 Å². The molecule has 0 fully saturated rings. The molecule has 0 radical (unpaired) electrons. The number of rotatable bonds is 2. The summed E-state index contributed by atoms with van der Waals surface area (Å²) in [6.07, 6.45) is 0. The van der Waals surface area contributed by atoms with Crippen molar-refractivity contribution in [3.8, 4) is 0 Å². The molecule has 0 aliphatic carbocycles. The number of carbonyl (C=O) groups is 1. The van der Waals surface area contributed by atoms with Crippen molar-refractivity contribution < 1.29 is 13.6 Å². The van der Waals surface area contributed by atoms with E-state index in [0.29, 0.717) is 4.90 Å². The van der Waals surface area contributed by atoms with E-state index in [9.17, 15) is 13.6 Å². The average molecular weight is 344 g/mol. The molecule has 0 spiro atoms. The fourth-order valence-corrected chi connectivity index (χ4v) is 2.33. The molecule has 0 saturated carbocycles. The van der Waals surface area contributed by atoms with E-state index in [0.717, 1.165) is 22.7 Å². The van der Waals surface area contributed by atoms with Crippen LogP contribution in [0.2, 0.25) is 0 Å². The third kappa shape index (κ3) is 3.33. The van der Waals surface area contributed by atoms with Crippen LogP contribution in [-0.2, 0) is 0 Å². The Labute approximate surface area is 122 Å². The van der Waals surface area contributed by atoms with Gasteiger partial charge >= 0.3 is 0 Å². The Hall–Kier alpha value is -1.40. The number of carbonyl (C=O) groups excluding carboxylic acids is 1. The quantitative estimate of drug-likeness (QED) is 0.783. The van der Waals surface area contributed by atoms with E-state index in [2.05, 4.69) is 33.9 Å². The van der Waals surface area contributed by atoms with Gasteiger partial charge in [-0.3, -0.25) is 4.79 Å². The van der Waals surface area contributed by atoms with Gasteiger partial charge in [0, 0.05) is 15.4 Å². The third-order valence-corrected chi connectivity index (χ3v) is 3.24. The fraction of sp³-hybridized carbons (Fsp3) is 0. The molecule has 0 aliphatic rings. The maximum absolute atomic E-state index is 13.4. The lowest BCUT2D eigenvalue weighted by Gasteiger charge is -2.08.